The second kappa shape index (κ2) is 6.21. The Morgan fingerprint density at radius 1 is 1.39 bits per heavy atom. The van der Waals surface area contributed by atoms with Crippen LogP contribution in [0.5, 0.6) is 0 Å². The van der Waals surface area contributed by atoms with Crippen molar-refractivity contribution in [3.63, 3.8) is 0 Å². The van der Waals surface area contributed by atoms with E-state index in [4.69, 9.17) is 4.74 Å². The maximum Gasteiger partial charge on any atom is 0.0620 e. The molecule has 0 bridgehead atoms. The zero-order chi connectivity index (χ0) is 13.0. The van der Waals surface area contributed by atoms with Crippen LogP contribution in [-0.2, 0) is 4.74 Å². The third-order valence-electron chi connectivity index (χ3n) is 3.57. The molecule has 1 aromatic rings. The number of hydrogen-bond acceptors (Lipinski definition) is 3. The molecule has 100 valence electrons. The number of anilines is 1. The summed E-state index contributed by atoms with van der Waals surface area (Å²) in [5.41, 5.74) is 4.01. The molecule has 18 heavy (non-hydrogen) atoms. The molecule has 0 radical (unpaired) electrons. The fraction of sp³-hybridized carbons (Fsp3) is 0.600. The molecule has 1 unspecified atom stereocenters. The fourth-order valence-corrected chi connectivity index (χ4v) is 2.51. The van der Waals surface area contributed by atoms with E-state index in [2.05, 4.69) is 49.3 Å². The minimum Gasteiger partial charge on any atom is -0.379 e. The van der Waals surface area contributed by atoms with E-state index in [0.717, 1.165) is 32.7 Å². The number of nitrogens with zero attached hydrogens (tertiary/aromatic N) is 1. The van der Waals surface area contributed by atoms with E-state index in [1.165, 1.54) is 16.8 Å². The van der Waals surface area contributed by atoms with Gasteiger partial charge in [-0.15, -0.1) is 0 Å². The molecule has 0 aromatic heterocycles. The number of ether oxygens (including phenoxy) is 1. The third kappa shape index (κ3) is 3.47. The highest BCUT2D eigenvalue weighted by Gasteiger charge is 2.14. The molecule has 1 aliphatic heterocycles. The zero-order valence-electron chi connectivity index (χ0n) is 11.7. The van der Waals surface area contributed by atoms with E-state index < -0.39 is 0 Å². The molecule has 1 saturated heterocycles. The molecular formula is C15H24N2O. The smallest absolute Gasteiger partial charge is 0.0620 e. The van der Waals surface area contributed by atoms with E-state index >= 15 is 0 Å². The Morgan fingerprint density at radius 3 is 2.89 bits per heavy atom. The highest BCUT2D eigenvalue weighted by Crippen LogP contribution is 2.20. The second-order valence-corrected chi connectivity index (χ2v) is 5.23. The van der Waals surface area contributed by atoms with E-state index in [9.17, 15) is 0 Å². The van der Waals surface area contributed by atoms with Crippen LogP contribution in [0.25, 0.3) is 0 Å². The number of aryl methyl sites for hydroxylation is 2. The van der Waals surface area contributed by atoms with Crippen LogP contribution in [-0.4, -0.2) is 39.4 Å². The van der Waals surface area contributed by atoms with Crippen molar-refractivity contribution in [2.24, 2.45) is 0 Å². The van der Waals surface area contributed by atoms with Crippen molar-refractivity contribution in [2.45, 2.75) is 26.3 Å². The van der Waals surface area contributed by atoms with Crippen LogP contribution in [0, 0.1) is 13.8 Å². The van der Waals surface area contributed by atoms with Crippen LogP contribution >= 0.6 is 0 Å². The number of hydrogen-bond donors (Lipinski definition) is 1. The molecule has 1 heterocycles. The summed E-state index contributed by atoms with van der Waals surface area (Å²) in [7, 11) is 2.17. The van der Waals surface area contributed by atoms with Gasteiger partial charge in [0.2, 0.25) is 0 Å². The van der Waals surface area contributed by atoms with E-state index in [-0.39, 0.29) is 0 Å². The van der Waals surface area contributed by atoms with Gasteiger partial charge < -0.3 is 15.0 Å². The standard InChI is InChI=1S/C15H24N2O/c1-12-4-5-15(13(2)10-12)17(3)8-6-14-11-18-9-7-16-14/h4-5,10,14,16H,6-9,11H2,1-3H3. The lowest BCUT2D eigenvalue weighted by Crippen LogP contribution is -2.43. The molecule has 2 rings (SSSR count). The Labute approximate surface area is 110 Å². The van der Waals surface area contributed by atoms with Crippen molar-refractivity contribution in [1.29, 1.82) is 0 Å². The van der Waals surface area contributed by atoms with Crippen LogP contribution in [0.15, 0.2) is 18.2 Å². The van der Waals surface area contributed by atoms with Crippen LogP contribution in [0.2, 0.25) is 0 Å². The average Bonchev–Trinajstić information content (AvgIpc) is 2.37. The molecule has 0 amide bonds. The van der Waals surface area contributed by atoms with Crippen LogP contribution in [0.4, 0.5) is 5.69 Å². The number of nitrogens with one attached hydrogen (secondary N) is 1. The lowest BCUT2D eigenvalue weighted by molar-refractivity contribution is 0.0749. The van der Waals surface area contributed by atoms with Crippen LogP contribution < -0.4 is 10.2 Å². The van der Waals surface area contributed by atoms with Gasteiger partial charge in [0.25, 0.3) is 0 Å². The highest BCUT2D eigenvalue weighted by molar-refractivity contribution is 5.53. The molecule has 1 atom stereocenters. The largest absolute Gasteiger partial charge is 0.379 e. The zero-order valence-corrected chi connectivity index (χ0v) is 11.7. The normalized spacial score (nSPS) is 19.8. The quantitative estimate of drug-likeness (QED) is 0.883. The van der Waals surface area contributed by atoms with Crippen molar-refractivity contribution in [3.8, 4) is 0 Å². The maximum absolute atomic E-state index is 5.48. The molecule has 1 fully saturated rings. The summed E-state index contributed by atoms with van der Waals surface area (Å²) in [5, 5.41) is 3.50. The Morgan fingerprint density at radius 2 is 2.22 bits per heavy atom. The Bertz CT molecular complexity index is 386. The fourth-order valence-electron chi connectivity index (χ4n) is 2.51. The summed E-state index contributed by atoms with van der Waals surface area (Å²) < 4.78 is 5.48. The summed E-state index contributed by atoms with van der Waals surface area (Å²) in [4.78, 5) is 2.34. The van der Waals surface area contributed by atoms with Crippen molar-refractivity contribution in [2.75, 3.05) is 38.3 Å². The van der Waals surface area contributed by atoms with E-state index in [1.807, 2.05) is 0 Å². The second-order valence-electron chi connectivity index (χ2n) is 5.23. The van der Waals surface area contributed by atoms with Gasteiger partial charge in [0, 0.05) is 31.9 Å². The van der Waals surface area contributed by atoms with Crippen molar-refractivity contribution in [1.82, 2.24) is 5.32 Å². The molecule has 1 aromatic carbocycles. The van der Waals surface area contributed by atoms with Gasteiger partial charge in [0.15, 0.2) is 0 Å². The van der Waals surface area contributed by atoms with Gasteiger partial charge in [-0.25, -0.2) is 0 Å². The summed E-state index contributed by atoms with van der Waals surface area (Å²) in [6, 6.07) is 7.15. The molecule has 1 N–H and O–H groups in total. The van der Waals surface area contributed by atoms with Gasteiger partial charge in [0.05, 0.1) is 13.2 Å². The van der Waals surface area contributed by atoms with Crippen LogP contribution in [0.1, 0.15) is 17.5 Å². The van der Waals surface area contributed by atoms with Crippen molar-refractivity contribution < 1.29 is 4.74 Å². The number of rotatable bonds is 4. The third-order valence-corrected chi connectivity index (χ3v) is 3.57. The lowest BCUT2D eigenvalue weighted by atomic mass is 10.1. The molecular weight excluding hydrogens is 224 g/mol. The van der Waals surface area contributed by atoms with Gasteiger partial charge >= 0.3 is 0 Å². The van der Waals surface area contributed by atoms with Gasteiger partial charge in [0.1, 0.15) is 0 Å². The summed E-state index contributed by atoms with van der Waals surface area (Å²) in [6.07, 6.45) is 1.13. The van der Waals surface area contributed by atoms with Gasteiger partial charge in [-0.3, -0.25) is 0 Å². The van der Waals surface area contributed by atoms with Gasteiger partial charge in [-0.05, 0) is 31.9 Å². The summed E-state index contributed by atoms with van der Waals surface area (Å²) >= 11 is 0. The lowest BCUT2D eigenvalue weighted by Gasteiger charge is -2.27. The molecule has 1 aliphatic rings. The monoisotopic (exact) mass is 248 g/mol. The SMILES string of the molecule is Cc1ccc(N(C)CCC2COCCN2)c(C)c1. The topological polar surface area (TPSA) is 24.5 Å². The van der Waals surface area contributed by atoms with E-state index in [0.29, 0.717) is 6.04 Å². The average molecular weight is 248 g/mol. The molecule has 3 nitrogen and oxygen atoms in total. The van der Waals surface area contributed by atoms with Gasteiger partial charge in [-0.2, -0.15) is 0 Å². The first kappa shape index (κ1) is 13.4. The Kier molecular flexibility index (Phi) is 4.61. The Balaban J connectivity index is 1.88. The van der Waals surface area contributed by atoms with Crippen LogP contribution in [0.3, 0.4) is 0 Å². The first-order valence-electron chi connectivity index (χ1n) is 6.76. The Hall–Kier alpha value is -1.06. The predicted octanol–water partition coefficient (Wildman–Crippen LogP) is 2.12. The highest BCUT2D eigenvalue weighted by atomic mass is 16.5. The minimum atomic E-state index is 0.506. The maximum atomic E-state index is 5.48. The predicted molar refractivity (Wildman–Crippen MR) is 76.4 cm³/mol. The molecule has 0 aliphatic carbocycles. The van der Waals surface area contributed by atoms with E-state index in [1.54, 1.807) is 0 Å². The first-order valence-corrected chi connectivity index (χ1v) is 6.76. The molecule has 0 saturated carbocycles. The first-order chi connectivity index (χ1) is 8.66. The van der Waals surface area contributed by atoms with Crippen molar-refractivity contribution in [3.05, 3.63) is 29.3 Å². The number of morpholine rings is 1. The molecule has 0 spiro atoms. The summed E-state index contributed by atoms with van der Waals surface area (Å²) in [5.74, 6) is 0. The van der Waals surface area contributed by atoms with Gasteiger partial charge in [-0.1, -0.05) is 17.7 Å². The summed E-state index contributed by atoms with van der Waals surface area (Å²) in [6.45, 7) is 8.06. The minimum absolute atomic E-state index is 0.506. The molecule has 3 heteroatoms. The van der Waals surface area contributed by atoms with Crippen molar-refractivity contribution >= 4 is 5.69 Å². The number of benzene rings is 1.